The number of carbonyl (C=O) groups excluding carboxylic acids is 1. The van der Waals surface area contributed by atoms with Gasteiger partial charge in [-0.25, -0.2) is 26.3 Å². The molecule has 0 aliphatic carbocycles. The number of hydrogen-bond donors (Lipinski definition) is 2. The van der Waals surface area contributed by atoms with Crippen molar-refractivity contribution >= 4 is 37.6 Å². The monoisotopic (exact) mass is 431 g/mol. The lowest BCUT2D eigenvalue weighted by molar-refractivity contribution is 0.0951. The van der Waals surface area contributed by atoms with Crippen LogP contribution in [0.15, 0.2) is 52.3 Å². The van der Waals surface area contributed by atoms with Gasteiger partial charge in [0, 0.05) is 20.6 Å². The van der Waals surface area contributed by atoms with E-state index in [0.29, 0.717) is 5.56 Å². The molecule has 8 nitrogen and oxygen atoms in total. The van der Waals surface area contributed by atoms with Crippen LogP contribution < -0.4 is 10.5 Å². The van der Waals surface area contributed by atoms with Crippen LogP contribution in [0.1, 0.15) is 15.9 Å². The predicted molar refractivity (Wildman–Crippen MR) is 101 cm³/mol. The molecule has 2 rings (SSSR count). The van der Waals surface area contributed by atoms with Gasteiger partial charge >= 0.3 is 0 Å². The van der Waals surface area contributed by atoms with Crippen molar-refractivity contribution in [1.29, 1.82) is 0 Å². The summed E-state index contributed by atoms with van der Waals surface area (Å²) in [6, 6.07) is 9.54. The van der Waals surface area contributed by atoms with Gasteiger partial charge in [0.25, 0.3) is 5.91 Å². The molecular weight excluding hydrogens is 414 g/mol. The summed E-state index contributed by atoms with van der Waals surface area (Å²) in [6.45, 7) is 0.0880. The van der Waals surface area contributed by atoms with Crippen LogP contribution in [0.4, 0.5) is 0 Å². The van der Waals surface area contributed by atoms with Crippen LogP contribution in [0.25, 0.3) is 0 Å². The highest BCUT2D eigenvalue weighted by molar-refractivity contribution is 7.89. The molecule has 0 bridgehead atoms. The number of benzene rings is 2. The molecule has 146 valence electrons. The van der Waals surface area contributed by atoms with E-state index in [-0.39, 0.29) is 26.9 Å². The summed E-state index contributed by atoms with van der Waals surface area (Å²) in [5, 5.41) is 7.74. The van der Waals surface area contributed by atoms with Crippen molar-refractivity contribution in [2.24, 2.45) is 5.14 Å². The normalized spacial score (nSPS) is 12.2. The molecule has 0 aliphatic heterocycles. The molecule has 0 aromatic heterocycles. The molecule has 0 aliphatic rings. The molecule has 2 aromatic rings. The third-order valence-electron chi connectivity index (χ3n) is 3.67. The maximum Gasteiger partial charge on any atom is 0.253 e. The molecule has 1 amide bonds. The topological polar surface area (TPSA) is 127 Å². The van der Waals surface area contributed by atoms with Gasteiger partial charge in [0.1, 0.15) is 0 Å². The van der Waals surface area contributed by atoms with Gasteiger partial charge in [0.2, 0.25) is 20.0 Å². The molecule has 0 heterocycles. The van der Waals surface area contributed by atoms with E-state index in [1.54, 1.807) is 0 Å². The average molecular weight is 432 g/mol. The number of sulfonamides is 2. The summed E-state index contributed by atoms with van der Waals surface area (Å²) in [6.07, 6.45) is 0. The van der Waals surface area contributed by atoms with Crippen molar-refractivity contribution in [3.05, 3.63) is 58.6 Å². The van der Waals surface area contributed by atoms with Gasteiger partial charge < -0.3 is 5.32 Å². The zero-order valence-corrected chi connectivity index (χ0v) is 16.9. The third kappa shape index (κ3) is 5.05. The minimum Gasteiger partial charge on any atom is -0.348 e. The Hall–Kier alpha value is -1.98. The number of nitrogens with zero attached hydrogens (tertiary/aromatic N) is 1. The summed E-state index contributed by atoms with van der Waals surface area (Å²) < 4.78 is 47.9. The number of rotatable bonds is 6. The third-order valence-corrected chi connectivity index (χ3v) is 6.74. The zero-order valence-electron chi connectivity index (χ0n) is 14.5. The van der Waals surface area contributed by atoms with Crippen molar-refractivity contribution in [2.75, 3.05) is 14.1 Å². The zero-order chi connectivity index (χ0) is 20.4. The van der Waals surface area contributed by atoms with Gasteiger partial charge in [-0.2, -0.15) is 0 Å². The number of nitrogens with two attached hydrogens (primary N) is 1. The van der Waals surface area contributed by atoms with E-state index in [9.17, 15) is 21.6 Å². The second kappa shape index (κ2) is 7.95. The molecule has 0 unspecified atom stereocenters. The Morgan fingerprint density at radius 2 is 1.59 bits per heavy atom. The van der Waals surface area contributed by atoms with Gasteiger partial charge in [-0.05, 0) is 35.9 Å². The van der Waals surface area contributed by atoms with Crippen LogP contribution in [0.2, 0.25) is 5.02 Å². The number of halogens is 1. The maximum atomic E-state index is 12.4. The van der Waals surface area contributed by atoms with Crippen molar-refractivity contribution in [1.82, 2.24) is 9.62 Å². The SMILES string of the molecule is CN(C)S(=O)(=O)c1ccc(Cl)c(C(=O)NCc2ccc(S(N)(=O)=O)cc2)c1. The Labute approximate surface area is 163 Å². The van der Waals surface area contributed by atoms with E-state index in [1.807, 2.05) is 0 Å². The largest absolute Gasteiger partial charge is 0.348 e. The number of hydrogen-bond acceptors (Lipinski definition) is 5. The standard InChI is InChI=1S/C16H18ClN3O5S2/c1-20(2)27(24,25)13-7-8-15(17)14(9-13)16(21)19-10-11-3-5-12(6-4-11)26(18,22)23/h3-9H,10H2,1-2H3,(H,19,21)(H2,18,22,23). The molecule has 0 atom stereocenters. The highest BCUT2D eigenvalue weighted by atomic mass is 35.5. The fourth-order valence-corrected chi connectivity index (χ4v) is 3.77. The van der Waals surface area contributed by atoms with Crippen LogP contribution in [0, 0.1) is 0 Å². The summed E-state index contributed by atoms with van der Waals surface area (Å²) in [7, 11) is -4.73. The van der Waals surface area contributed by atoms with Gasteiger partial charge in [-0.15, -0.1) is 0 Å². The predicted octanol–water partition coefficient (Wildman–Crippen LogP) is 1.17. The highest BCUT2D eigenvalue weighted by Crippen LogP contribution is 2.22. The van der Waals surface area contributed by atoms with Crippen molar-refractivity contribution in [3.63, 3.8) is 0 Å². The first-order valence-electron chi connectivity index (χ1n) is 7.55. The van der Waals surface area contributed by atoms with Gasteiger partial charge in [0.05, 0.1) is 20.4 Å². The fraction of sp³-hybridized carbons (Fsp3) is 0.188. The van der Waals surface area contributed by atoms with Crippen LogP contribution >= 0.6 is 11.6 Å². The lowest BCUT2D eigenvalue weighted by Gasteiger charge is -2.13. The molecular formula is C16H18ClN3O5S2. The minimum absolute atomic E-state index is 0.0146. The Kier molecular flexibility index (Phi) is 6.28. The highest BCUT2D eigenvalue weighted by Gasteiger charge is 2.20. The number of amides is 1. The van der Waals surface area contributed by atoms with Crippen LogP contribution in [0.3, 0.4) is 0 Å². The van der Waals surface area contributed by atoms with E-state index in [0.717, 1.165) is 4.31 Å². The molecule has 2 aromatic carbocycles. The second-order valence-electron chi connectivity index (χ2n) is 5.80. The Bertz CT molecular complexity index is 1070. The fourth-order valence-electron chi connectivity index (χ4n) is 2.12. The average Bonchev–Trinajstić information content (AvgIpc) is 2.59. The molecule has 0 saturated carbocycles. The van der Waals surface area contributed by atoms with Gasteiger partial charge in [-0.3, -0.25) is 4.79 Å². The molecule has 0 fully saturated rings. The first-order chi connectivity index (χ1) is 12.4. The quantitative estimate of drug-likeness (QED) is 0.709. The van der Waals surface area contributed by atoms with Crippen LogP contribution in [0.5, 0.6) is 0 Å². The summed E-state index contributed by atoms with van der Waals surface area (Å²) in [4.78, 5) is 12.3. The smallest absolute Gasteiger partial charge is 0.253 e. The van der Waals surface area contributed by atoms with Crippen LogP contribution in [-0.4, -0.2) is 41.1 Å². The second-order valence-corrected chi connectivity index (χ2v) is 9.92. The van der Waals surface area contributed by atoms with E-state index < -0.39 is 26.0 Å². The minimum atomic E-state index is -3.79. The lowest BCUT2D eigenvalue weighted by Crippen LogP contribution is -2.25. The summed E-state index contributed by atoms with van der Waals surface area (Å²) >= 11 is 6.02. The van der Waals surface area contributed by atoms with Gasteiger partial charge in [-0.1, -0.05) is 23.7 Å². The van der Waals surface area contributed by atoms with E-state index >= 15 is 0 Å². The van der Waals surface area contributed by atoms with E-state index in [1.165, 1.54) is 56.6 Å². The summed E-state index contributed by atoms with van der Waals surface area (Å²) in [5.41, 5.74) is 0.643. The molecule has 27 heavy (non-hydrogen) atoms. The molecule has 0 radical (unpaired) electrons. The van der Waals surface area contributed by atoms with Crippen molar-refractivity contribution in [2.45, 2.75) is 16.3 Å². The molecule has 0 saturated heterocycles. The number of primary sulfonamides is 1. The summed E-state index contributed by atoms with van der Waals surface area (Å²) in [5.74, 6) is -0.564. The Morgan fingerprint density at radius 1 is 1.04 bits per heavy atom. The molecule has 0 spiro atoms. The number of nitrogens with one attached hydrogen (secondary N) is 1. The van der Waals surface area contributed by atoms with Crippen LogP contribution in [-0.2, 0) is 26.6 Å². The van der Waals surface area contributed by atoms with Crippen molar-refractivity contribution < 1.29 is 21.6 Å². The van der Waals surface area contributed by atoms with E-state index in [4.69, 9.17) is 16.7 Å². The van der Waals surface area contributed by atoms with Gasteiger partial charge in [0.15, 0.2) is 0 Å². The Balaban J connectivity index is 2.19. The van der Waals surface area contributed by atoms with Crippen molar-refractivity contribution in [3.8, 4) is 0 Å². The maximum absolute atomic E-state index is 12.4. The number of carbonyl (C=O) groups is 1. The molecule has 11 heteroatoms. The first kappa shape index (κ1) is 21.3. The van der Waals surface area contributed by atoms with E-state index in [2.05, 4.69) is 5.32 Å². The molecule has 3 N–H and O–H groups in total. The Morgan fingerprint density at radius 3 is 2.11 bits per heavy atom. The first-order valence-corrected chi connectivity index (χ1v) is 10.9. The lowest BCUT2D eigenvalue weighted by atomic mass is 10.2.